The predicted molar refractivity (Wildman–Crippen MR) is 62.2 cm³/mol. The fraction of sp³-hybridized carbons (Fsp3) is 0. The second-order valence-corrected chi connectivity index (χ2v) is 4.69. The highest BCUT2D eigenvalue weighted by Gasteiger charge is 2.02. The van der Waals surface area contributed by atoms with Crippen molar-refractivity contribution in [2.75, 3.05) is 0 Å². The van der Waals surface area contributed by atoms with Crippen LogP contribution in [-0.4, -0.2) is 4.98 Å². The average molecular weight is 321 g/mol. The molecular formula is C9H4Br2ClN. The second kappa shape index (κ2) is 3.56. The van der Waals surface area contributed by atoms with E-state index >= 15 is 0 Å². The lowest BCUT2D eigenvalue weighted by Gasteiger charge is -2.01. The summed E-state index contributed by atoms with van der Waals surface area (Å²) < 4.78 is 1.81. The summed E-state index contributed by atoms with van der Waals surface area (Å²) in [6.07, 6.45) is 0. The van der Waals surface area contributed by atoms with Gasteiger partial charge in [0.1, 0.15) is 4.60 Å². The highest BCUT2D eigenvalue weighted by atomic mass is 79.9. The van der Waals surface area contributed by atoms with Gasteiger partial charge in [0.15, 0.2) is 0 Å². The molecule has 4 heteroatoms. The molecule has 0 N–H and O–H groups in total. The molecule has 0 amide bonds. The van der Waals surface area contributed by atoms with Crippen molar-refractivity contribution >= 4 is 54.4 Å². The van der Waals surface area contributed by atoms with Crippen LogP contribution in [0.25, 0.3) is 10.9 Å². The number of hydrogen-bond acceptors (Lipinski definition) is 1. The van der Waals surface area contributed by atoms with Crippen molar-refractivity contribution in [3.63, 3.8) is 0 Å². The molecule has 0 saturated carbocycles. The first kappa shape index (κ1) is 9.44. The number of hydrogen-bond donors (Lipinski definition) is 0. The van der Waals surface area contributed by atoms with Crippen molar-refractivity contribution in [1.82, 2.24) is 4.98 Å². The van der Waals surface area contributed by atoms with Gasteiger partial charge in [-0.05, 0) is 56.1 Å². The van der Waals surface area contributed by atoms with E-state index < -0.39 is 0 Å². The molecule has 2 aromatic rings. The Bertz CT molecular complexity index is 470. The molecule has 0 aliphatic carbocycles. The second-order valence-electron chi connectivity index (χ2n) is 2.59. The predicted octanol–water partition coefficient (Wildman–Crippen LogP) is 4.41. The zero-order valence-corrected chi connectivity index (χ0v) is 10.3. The van der Waals surface area contributed by atoms with Gasteiger partial charge in [0.2, 0.25) is 0 Å². The smallest absolute Gasteiger partial charge is 0.107 e. The van der Waals surface area contributed by atoms with Crippen molar-refractivity contribution in [3.8, 4) is 0 Å². The van der Waals surface area contributed by atoms with Crippen LogP contribution in [0.1, 0.15) is 0 Å². The van der Waals surface area contributed by atoms with Crippen LogP contribution < -0.4 is 0 Å². The lowest BCUT2D eigenvalue weighted by Crippen LogP contribution is -1.81. The molecule has 0 unspecified atom stereocenters. The minimum Gasteiger partial charge on any atom is -0.241 e. The summed E-state index contributed by atoms with van der Waals surface area (Å²) in [4.78, 5) is 4.31. The molecule has 0 atom stereocenters. The van der Waals surface area contributed by atoms with Crippen LogP contribution in [-0.2, 0) is 0 Å². The molecule has 2 rings (SSSR count). The number of nitrogens with zero attached hydrogens (tertiary/aromatic N) is 1. The molecule has 0 fully saturated rings. The van der Waals surface area contributed by atoms with E-state index in [2.05, 4.69) is 36.8 Å². The minimum absolute atomic E-state index is 0.720. The molecule has 13 heavy (non-hydrogen) atoms. The quantitative estimate of drug-likeness (QED) is 0.655. The van der Waals surface area contributed by atoms with E-state index in [1.807, 2.05) is 24.3 Å². The van der Waals surface area contributed by atoms with Gasteiger partial charge in [-0.3, -0.25) is 0 Å². The van der Waals surface area contributed by atoms with Crippen LogP contribution in [0.4, 0.5) is 0 Å². The fourth-order valence-corrected chi connectivity index (χ4v) is 2.56. The maximum Gasteiger partial charge on any atom is 0.107 e. The van der Waals surface area contributed by atoms with E-state index in [9.17, 15) is 0 Å². The summed E-state index contributed by atoms with van der Waals surface area (Å²) in [6, 6.07) is 7.52. The Labute approximate surface area is 97.4 Å². The summed E-state index contributed by atoms with van der Waals surface area (Å²) >= 11 is 12.7. The number of halogens is 3. The van der Waals surface area contributed by atoms with Crippen molar-refractivity contribution in [2.24, 2.45) is 0 Å². The standard InChI is InChI=1S/C9H4Br2ClN/c10-7-4-9(11)13-8-2-1-5(12)3-6(7)8/h1-4H. The first-order valence-corrected chi connectivity index (χ1v) is 5.54. The Morgan fingerprint density at radius 1 is 1.15 bits per heavy atom. The molecular weight excluding hydrogens is 317 g/mol. The average Bonchev–Trinajstić information content (AvgIpc) is 2.06. The van der Waals surface area contributed by atoms with Crippen LogP contribution in [0.15, 0.2) is 33.3 Å². The molecule has 1 aromatic carbocycles. The number of benzene rings is 1. The Balaban J connectivity index is 2.87. The van der Waals surface area contributed by atoms with Gasteiger partial charge < -0.3 is 0 Å². The van der Waals surface area contributed by atoms with Crippen molar-refractivity contribution < 1.29 is 0 Å². The van der Waals surface area contributed by atoms with E-state index in [0.717, 1.165) is 25.0 Å². The summed E-state index contributed by atoms with van der Waals surface area (Å²) in [5.74, 6) is 0. The van der Waals surface area contributed by atoms with Crippen LogP contribution in [0.2, 0.25) is 5.02 Å². The van der Waals surface area contributed by atoms with E-state index in [4.69, 9.17) is 11.6 Å². The fourth-order valence-electron chi connectivity index (χ4n) is 1.13. The summed E-state index contributed by atoms with van der Waals surface area (Å²) in [5, 5.41) is 1.74. The van der Waals surface area contributed by atoms with Crippen LogP contribution in [0, 0.1) is 0 Å². The Kier molecular flexibility index (Phi) is 2.58. The van der Waals surface area contributed by atoms with E-state index in [0.29, 0.717) is 0 Å². The summed E-state index contributed by atoms with van der Waals surface area (Å²) in [5.41, 5.74) is 0.922. The molecule has 0 aliphatic heterocycles. The van der Waals surface area contributed by atoms with Crippen LogP contribution in [0.3, 0.4) is 0 Å². The van der Waals surface area contributed by atoms with Gasteiger partial charge >= 0.3 is 0 Å². The number of aromatic nitrogens is 1. The molecule has 0 radical (unpaired) electrons. The molecule has 0 bridgehead atoms. The van der Waals surface area contributed by atoms with Gasteiger partial charge in [-0.15, -0.1) is 0 Å². The summed E-state index contributed by atoms with van der Waals surface area (Å²) in [6.45, 7) is 0. The largest absolute Gasteiger partial charge is 0.241 e. The Hall–Kier alpha value is -0.120. The maximum absolute atomic E-state index is 5.87. The highest BCUT2D eigenvalue weighted by molar-refractivity contribution is 9.11. The molecule has 66 valence electrons. The summed E-state index contributed by atoms with van der Waals surface area (Å²) in [7, 11) is 0. The lowest BCUT2D eigenvalue weighted by molar-refractivity contribution is 1.34. The minimum atomic E-state index is 0.720. The molecule has 0 aliphatic rings. The van der Waals surface area contributed by atoms with Gasteiger partial charge in [-0.1, -0.05) is 11.6 Å². The van der Waals surface area contributed by atoms with Crippen LogP contribution in [0.5, 0.6) is 0 Å². The zero-order valence-electron chi connectivity index (χ0n) is 6.39. The number of pyridine rings is 1. The number of rotatable bonds is 0. The first-order valence-electron chi connectivity index (χ1n) is 3.58. The topological polar surface area (TPSA) is 12.9 Å². The van der Waals surface area contributed by atoms with Gasteiger partial charge in [0.25, 0.3) is 0 Å². The maximum atomic E-state index is 5.87. The van der Waals surface area contributed by atoms with E-state index in [-0.39, 0.29) is 0 Å². The van der Waals surface area contributed by atoms with Gasteiger partial charge in [0, 0.05) is 14.9 Å². The van der Waals surface area contributed by atoms with Crippen molar-refractivity contribution in [2.45, 2.75) is 0 Å². The lowest BCUT2D eigenvalue weighted by atomic mass is 10.2. The highest BCUT2D eigenvalue weighted by Crippen LogP contribution is 2.27. The third-order valence-corrected chi connectivity index (χ3v) is 2.99. The van der Waals surface area contributed by atoms with Crippen molar-refractivity contribution in [1.29, 1.82) is 0 Å². The van der Waals surface area contributed by atoms with Crippen LogP contribution >= 0.6 is 43.5 Å². The van der Waals surface area contributed by atoms with E-state index in [1.165, 1.54) is 0 Å². The Morgan fingerprint density at radius 2 is 1.92 bits per heavy atom. The number of fused-ring (bicyclic) bond motifs is 1. The molecule has 1 nitrogen and oxygen atoms in total. The molecule has 1 heterocycles. The SMILES string of the molecule is Clc1ccc2nc(Br)cc(Br)c2c1. The van der Waals surface area contributed by atoms with Gasteiger partial charge in [-0.2, -0.15) is 0 Å². The molecule has 1 aromatic heterocycles. The monoisotopic (exact) mass is 319 g/mol. The van der Waals surface area contributed by atoms with Crippen molar-refractivity contribution in [3.05, 3.63) is 38.4 Å². The molecule has 0 spiro atoms. The normalized spacial score (nSPS) is 10.7. The third-order valence-electron chi connectivity index (χ3n) is 1.69. The Morgan fingerprint density at radius 3 is 2.69 bits per heavy atom. The van der Waals surface area contributed by atoms with Gasteiger partial charge in [0.05, 0.1) is 5.52 Å². The first-order chi connectivity index (χ1) is 6.16. The van der Waals surface area contributed by atoms with E-state index in [1.54, 1.807) is 0 Å². The molecule has 0 saturated heterocycles. The van der Waals surface area contributed by atoms with Gasteiger partial charge in [-0.25, -0.2) is 4.98 Å². The third kappa shape index (κ3) is 1.87. The zero-order chi connectivity index (χ0) is 9.42.